The lowest BCUT2D eigenvalue weighted by Crippen LogP contribution is -1.96. The second-order valence-corrected chi connectivity index (χ2v) is 3.00. The number of rotatable bonds is 3. The Hall–Kier alpha value is -1.85. The first-order valence-electron chi connectivity index (χ1n) is 4.83. The highest BCUT2D eigenvalue weighted by atomic mass is 16.5. The molecule has 6 nitrogen and oxygen atoms in total. The van der Waals surface area contributed by atoms with Crippen molar-refractivity contribution in [2.45, 2.75) is 20.3 Å². The molecular formula is C9H12N4O2. The lowest BCUT2D eigenvalue weighted by molar-refractivity contribution is 0.311. The molecule has 0 saturated carbocycles. The standard InChI is InChI=1S/C9H12N4O2/c1-3-6-5-7(14)13-8(10-6)11-9(12-13)15-4-2/h5,14H,3-4H2,1-2H3. The van der Waals surface area contributed by atoms with Crippen LogP contribution in [0.2, 0.25) is 0 Å². The Morgan fingerprint density at radius 1 is 1.40 bits per heavy atom. The number of ether oxygens (including phenoxy) is 1. The highest BCUT2D eigenvalue weighted by molar-refractivity contribution is 5.34. The van der Waals surface area contributed by atoms with Crippen molar-refractivity contribution >= 4 is 5.78 Å². The van der Waals surface area contributed by atoms with Crippen LogP contribution in [0.5, 0.6) is 11.9 Å². The van der Waals surface area contributed by atoms with Crippen LogP contribution < -0.4 is 4.74 Å². The molecule has 0 aliphatic heterocycles. The third-order valence-electron chi connectivity index (χ3n) is 1.96. The van der Waals surface area contributed by atoms with E-state index in [1.807, 2.05) is 13.8 Å². The van der Waals surface area contributed by atoms with Gasteiger partial charge in [0, 0.05) is 11.8 Å². The minimum atomic E-state index is 0.0234. The Morgan fingerprint density at radius 3 is 2.87 bits per heavy atom. The van der Waals surface area contributed by atoms with Crippen molar-refractivity contribution in [3.05, 3.63) is 11.8 Å². The molecule has 0 aromatic carbocycles. The van der Waals surface area contributed by atoms with Crippen LogP contribution in [-0.4, -0.2) is 31.3 Å². The lowest BCUT2D eigenvalue weighted by atomic mass is 10.3. The van der Waals surface area contributed by atoms with Crippen LogP contribution in [0.1, 0.15) is 19.5 Å². The van der Waals surface area contributed by atoms with Gasteiger partial charge in [-0.2, -0.15) is 9.50 Å². The van der Waals surface area contributed by atoms with Gasteiger partial charge in [-0.3, -0.25) is 0 Å². The molecule has 0 aliphatic carbocycles. The molecule has 2 aromatic rings. The van der Waals surface area contributed by atoms with E-state index in [1.165, 1.54) is 4.52 Å². The van der Waals surface area contributed by atoms with Crippen LogP contribution in [0.4, 0.5) is 0 Å². The van der Waals surface area contributed by atoms with Crippen LogP contribution >= 0.6 is 0 Å². The van der Waals surface area contributed by atoms with Crippen LogP contribution in [0.3, 0.4) is 0 Å². The number of hydrogen-bond donors (Lipinski definition) is 1. The smallest absolute Gasteiger partial charge is 0.337 e. The second-order valence-electron chi connectivity index (χ2n) is 3.00. The van der Waals surface area contributed by atoms with Gasteiger partial charge in [-0.05, 0) is 13.3 Å². The number of hydrogen-bond acceptors (Lipinski definition) is 5. The highest BCUT2D eigenvalue weighted by Crippen LogP contribution is 2.15. The summed E-state index contributed by atoms with van der Waals surface area (Å²) in [6, 6.07) is 1.80. The molecule has 2 rings (SSSR count). The van der Waals surface area contributed by atoms with Crippen molar-refractivity contribution < 1.29 is 9.84 Å². The molecule has 0 aliphatic rings. The van der Waals surface area contributed by atoms with Gasteiger partial charge in [-0.25, -0.2) is 4.98 Å². The Morgan fingerprint density at radius 2 is 2.20 bits per heavy atom. The van der Waals surface area contributed by atoms with Crippen LogP contribution in [0.25, 0.3) is 5.78 Å². The molecule has 0 fully saturated rings. The van der Waals surface area contributed by atoms with Gasteiger partial charge in [0.2, 0.25) is 5.88 Å². The third kappa shape index (κ3) is 1.70. The van der Waals surface area contributed by atoms with Gasteiger partial charge in [-0.15, -0.1) is 5.10 Å². The van der Waals surface area contributed by atoms with Crippen LogP contribution in [-0.2, 0) is 6.42 Å². The SMILES string of the molecule is CCOc1nc2nc(CC)cc(O)n2n1. The molecule has 0 unspecified atom stereocenters. The van der Waals surface area contributed by atoms with Gasteiger partial charge in [0.15, 0.2) is 0 Å². The van der Waals surface area contributed by atoms with Crippen molar-refractivity contribution in [1.29, 1.82) is 0 Å². The average Bonchev–Trinajstić information content (AvgIpc) is 2.61. The second kappa shape index (κ2) is 3.72. The zero-order chi connectivity index (χ0) is 10.8. The van der Waals surface area contributed by atoms with E-state index >= 15 is 0 Å². The molecule has 6 heteroatoms. The summed E-state index contributed by atoms with van der Waals surface area (Å²) in [5, 5.41) is 13.6. The molecule has 0 spiro atoms. The first-order valence-corrected chi connectivity index (χ1v) is 4.83. The molecule has 0 amide bonds. The quantitative estimate of drug-likeness (QED) is 0.807. The molecule has 2 aromatic heterocycles. The Bertz CT molecular complexity index is 480. The summed E-state index contributed by atoms with van der Waals surface area (Å²) in [7, 11) is 0. The number of aromatic nitrogens is 4. The van der Waals surface area contributed by atoms with E-state index in [1.54, 1.807) is 6.07 Å². The van der Waals surface area contributed by atoms with E-state index in [0.717, 1.165) is 12.1 Å². The van der Waals surface area contributed by atoms with Crippen molar-refractivity contribution in [1.82, 2.24) is 19.6 Å². The van der Waals surface area contributed by atoms with E-state index in [9.17, 15) is 5.11 Å². The first kappa shape index (κ1) is 9.70. The maximum Gasteiger partial charge on any atom is 0.337 e. The fourth-order valence-corrected chi connectivity index (χ4v) is 1.25. The molecule has 0 saturated heterocycles. The summed E-state index contributed by atoms with van der Waals surface area (Å²) in [5.74, 6) is 0.380. The summed E-state index contributed by atoms with van der Waals surface area (Å²) in [5.41, 5.74) is 0.774. The van der Waals surface area contributed by atoms with Gasteiger partial charge in [0.1, 0.15) is 0 Å². The molecule has 80 valence electrons. The number of nitrogens with zero attached hydrogens (tertiary/aromatic N) is 4. The molecular weight excluding hydrogens is 196 g/mol. The Labute approximate surface area is 86.5 Å². The van der Waals surface area contributed by atoms with E-state index in [4.69, 9.17) is 4.74 Å². The normalized spacial score (nSPS) is 10.8. The van der Waals surface area contributed by atoms with E-state index in [0.29, 0.717) is 12.4 Å². The average molecular weight is 208 g/mol. The van der Waals surface area contributed by atoms with Crippen LogP contribution in [0, 0.1) is 0 Å². The maximum atomic E-state index is 9.63. The molecule has 1 N–H and O–H groups in total. The predicted octanol–water partition coefficient (Wildman–Crippen LogP) is 0.791. The zero-order valence-corrected chi connectivity index (χ0v) is 8.64. The van der Waals surface area contributed by atoms with Gasteiger partial charge >= 0.3 is 6.01 Å². The summed E-state index contributed by atoms with van der Waals surface area (Å²) in [4.78, 5) is 8.24. The predicted molar refractivity (Wildman–Crippen MR) is 53.0 cm³/mol. The number of aromatic hydroxyl groups is 1. The van der Waals surface area contributed by atoms with Crippen molar-refractivity contribution in [3.63, 3.8) is 0 Å². The fraction of sp³-hybridized carbons (Fsp3) is 0.444. The fourth-order valence-electron chi connectivity index (χ4n) is 1.25. The molecule has 0 radical (unpaired) electrons. The zero-order valence-electron chi connectivity index (χ0n) is 8.64. The summed E-state index contributed by atoms with van der Waals surface area (Å²) >= 11 is 0. The van der Waals surface area contributed by atoms with Crippen molar-refractivity contribution in [2.75, 3.05) is 6.61 Å². The summed E-state index contributed by atoms with van der Waals surface area (Å²) < 4.78 is 6.38. The topological polar surface area (TPSA) is 72.5 Å². The highest BCUT2D eigenvalue weighted by Gasteiger charge is 2.09. The number of fused-ring (bicyclic) bond motifs is 1. The summed E-state index contributed by atoms with van der Waals surface area (Å²) in [6.45, 7) is 4.28. The monoisotopic (exact) mass is 208 g/mol. The van der Waals surface area contributed by atoms with E-state index in [2.05, 4.69) is 15.1 Å². The van der Waals surface area contributed by atoms with Crippen LogP contribution in [0.15, 0.2) is 6.07 Å². The van der Waals surface area contributed by atoms with Gasteiger partial charge < -0.3 is 9.84 Å². The number of aryl methyl sites for hydroxylation is 1. The third-order valence-corrected chi connectivity index (χ3v) is 1.96. The first-order chi connectivity index (χ1) is 7.24. The maximum absolute atomic E-state index is 9.63. The Balaban J connectivity index is 2.54. The molecule has 0 bridgehead atoms. The minimum absolute atomic E-state index is 0.0234. The molecule has 0 atom stereocenters. The van der Waals surface area contributed by atoms with Gasteiger partial charge in [0.25, 0.3) is 5.78 Å². The van der Waals surface area contributed by atoms with Crippen molar-refractivity contribution in [3.8, 4) is 11.9 Å². The van der Waals surface area contributed by atoms with E-state index in [-0.39, 0.29) is 11.9 Å². The molecule has 2 heterocycles. The van der Waals surface area contributed by atoms with Gasteiger partial charge in [0.05, 0.1) is 6.61 Å². The lowest BCUT2D eigenvalue weighted by Gasteiger charge is -1.98. The molecule has 15 heavy (non-hydrogen) atoms. The van der Waals surface area contributed by atoms with Gasteiger partial charge in [-0.1, -0.05) is 6.92 Å². The summed E-state index contributed by atoms with van der Waals surface area (Å²) in [6.07, 6.45) is 0.737. The largest absolute Gasteiger partial charge is 0.493 e. The van der Waals surface area contributed by atoms with Crippen molar-refractivity contribution in [2.24, 2.45) is 0 Å². The van der Waals surface area contributed by atoms with E-state index < -0.39 is 0 Å². The minimum Gasteiger partial charge on any atom is -0.493 e. The Kier molecular flexibility index (Phi) is 2.40.